The highest BCUT2D eigenvalue weighted by atomic mass is 16.2. The zero-order valence-corrected chi connectivity index (χ0v) is 13.3. The van der Waals surface area contributed by atoms with E-state index in [1.807, 2.05) is 45.3 Å². The summed E-state index contributed by atoms with van der Waals surface area (Å²) in [6.07, 6.45) is 2.44. The average Bonchev–Trinajstić information content (AvgIpc) is 2.51. The van der Waals surface area contributed by atoms with Gasteiger partial charge in [0.05, 0.1) is 5.52 Å². The standard InChI is InChI=1S/C16H23N5O/c1-12(16(22)17-9-6-10-21(2)3)20-15-13-7-4-5-8-14(13)18-11-19-15/h4-5,7-8,11-12H,6,9-10H2,1-3H3,(H,17,22)(H,18,19,20). The Bertz CT molecular complexity index is 623. The smallest absolute Gasteiger partial charge is 0.242 e. The van der Waals surface area contributed by atoms with Crippen molar-refractivity contribution in [2.45, 2.75) is 19.4 Å². The minimum Gasteiger partial charge on any atom is -0.358 e. The molecule has 6 nitrogen and oxygen atoms in total. The Balaban J connectivity index is 1.93. The summed E-state index contributed by atoms with van der Waals surface area (Å²) in [6, 6.07) is 7.38. The third kappa shape index (κ3) is 4.39. The number of para-hydroxylation sites is 1. The van der Waals surface area contributed by atoms with E-state index < -0.39 is 0 Å². The fraction of sp³-hybridized carbons (Fsp3) is 0.438. The highest BCUT2D eigenvalue weighted by Gasteiger charge is 2.14. The lowest BCUT2D eigenvalue weighted by Crippen LogP contribution is -2.38. The SMILES string of the molecule is CC(Nc1ncnc2ccccc12)C(=O)NCCCN(C)C. The maximum absolute atomic E-state index is 12.1. The Morgan fingerprint density at radius 2 is 2.05 bits per heavy atom. The molecule has 118 valence electrons. The molecule has 1 unspecified atom stereocenters. The topological polar surface area (TPSA) is 70.1 Å². The molecule has 1 aromatic heterocycles. The quantitative estimate of drug-likeness (QED) is 0.758. The third-order valence-corrected chi connectivity index (χ3v) is 3.37. The van der Waals surface area contributed by atoms with Crippen molar-refractivity contribution in [3.8, 4) is 0 Å². The van der Waals surface area contributed by atoms with Crippen LogP contribution in [0.3, 0.4) is 0 Å². The van der Waals surface area contributed by atoms with Gasteiger partial charge in [-0.05, 0) is 46.1 Å². The maximum Gasteiger partial charge on any atom is 0.242 e. The molecule has 0 aliphatic heterocycles. The maximum atomic E-state index is 12.1. The summed E-state index contributed by atoms with van der Waals surface area (Å²) in [5.74, 6) is 0.656. The van der Waals surface area contributed by atoms with Crippen molar-refractivity contribution in [3.63, 3.8) is 0 Å². The van der Waals surface area contributed by atoms with Gasteiger partial charge in [-0.25, -0.2) is 9.97 Å². The van der Waals surface area contributed by atoms with Crippen LogP contribution in [0.1, 0.15) is 13.3 Å². The van der Waals surface area contributed by atoms with Gasteiger partial charge < -0.3 is 15.5 Å². The van der Waals surface area contributed by atoms with Crippen LogP contribution < -0.4 is 10.6 Å². The number of amides is 1. The summed E-state index contributed by atoms with van der Waals surface area (Å²) in [5, 5.41) is 7.01. The van der Waals surface area contributed by atoms with E-state index in [2.05, 4.69) is 25.5 Å². The van der Waals surface area contributed by atoms with Crippen LogP contribution in [0.25, 0.3) is 10.9 Å². The molecule has 0 saturated carbocycles. The second-order valence-corrected chi connectivity index (χ2v) is 5.55. The van der Waals surface area contributed by atoms with Crippen molar-refractivity contribution in [1.29, 1.82) is 0 Å². The zero-order valence-electron chi connectivity index (χ0n) is 13.3. The fourth-order valence-electron chi connectivity index (χ4n) is 2.15. The number of benzene rings is 1. The molecule has 0 aliphatic carbocycles. The van der Waals surface area contributed by atoms with E-state index in [0.717, 1.165) is 23.9 Å². The fourth-order valence-corrected chi connectivity index (χ4v) is 2.15. The molecule has 1 aromatic carbocycles. The normalized spacial score (nSPS) is 12.4. The first-order valence-corrected chi connectivity index (χ1v) is 7.46. The molecule has 2 aromatic rings. The Hall–Kier alpha value is -2.21. The zero-order chi connectivity index (χ0) is 15.9. The Labute approximate surface area is 130 Å². The number of aromatic nitrogens is 2. The molecule has 0 spiro atoms. The summed E-state index contributed by atoms with van der Waals surface area (Å²) in [5.41, 5.74) is 0.860. The van der Waals surface area contributed by atoms with Crippen LogP contribution in [0.15, 0.2) is 30.6 Å². The Kier molecular flexibility index (Phi) is 5.66. The number of hydrogen-bond donors (Lipinski definition) is 2. The number of carbonyl (C=O) groups excluding carboxylic acids is 1. The summed E-state index contributed by atoms with van der Waals surface area (Å²) < 4.78 is 0. The first-order valence-electron chi connectivity index (χ1n) is 7.46. The lowest BCUT2D eigenvalue weighted by molar-refractivity contribution is -0.121. The molecule has 0 radical (unpaired) electrons. The van der Waals surface area contributed by atoms with Gasteiger partial charge in [0.1, 0.15) is 18.2 Å². The van der Waals surface area contributed by atoms with Crippen LogP contribution in [0.4, 0.5) is 5.82 Å². The van der Waals surface area contributed by atoms with E-state index in [1.54, 1.807) is 0 Å². The van der Waals surface area contributed by atoms with Crippen molar-refractivity contribution in [2.24, 2.45) is 0 Å². The second-order valence-electron chi connectivity index (χ2n) is 5.55. The van der Waals surface area contributed by atoms with Gasteiger partial charge >= 0.3 is 0 Å². The van der Waals surface area contributed by atoms with E-state index in [9.17, 15) is 4.79 Å². The van der Waals surface area contributed by atoms with Crippen LogP contribution in [0.5, 0.6) is 0 Å². The number of nitrogens with one attached hydrogen (secondary N) is 2. The minimum atomic E-state index is -0.349. The van der Waals surface area contributed by atoms with Gasteiger partial charge in [-0.3, -0.25) is 4.79 Å². The van der Waals surface area contributed by atoms with Crippen LogP contribution in [-0.2, 0) is 4.79 Å². The highest BCUT2D eigenvalue weighted by Crippen LogP contribution is 2.18. The van der Waals surface area contributed by atoms with E-state index in [0.29, 0.717) is 12.4 Å². The van der Waals surface area contributed by atoms with Gasteiger partial charge in [-0.15, -0.1) is 0 Å². The molecule has 2 N–H and O–H groups in total. The summed E-state index contributed by atoms with van der Waals surface area (Å²) in [6.45, 7) is 3.46. The van der Waals surface area contributed by atoms with Gasteiger partial charge in [-0.1, -0.05) is 12.1 Å². The van der Waals surface area contributed by atoms with E-state index in [-0.39, 0.29) is 11.9 Å². The van der Waals surface area contributed by atoms with Crippen molar-refractivity contribution in [1.82, 2.24) is 20.2 Å². The molecule has 0 aliphatic rings. The van der Waals surface area contributed by atoms with Gasteiger partial charge in [0, 0.05) is 11.9 Å². The van der Waals surface area contributed by atoms with E-state index in [4.69, 9.17) is 0 Å². The first kappa shape index (κ1) is 16.2. The molecule has 1 heterocycles. The Morgan fingerprint density at radius 3 is 2.82 bits per heavy atom. The van der Waals surface area contributed by atoms with Crippen LogP contribution in [0.2, 0.25) is 0 Å². The van der Waals surface area contributed by atoms with Crippen molar-refractivity contribution >= 4 is 22.6 Å². The number of nitrogens with zero attached hydrogens (tertiary/aromatic N) is 3. The number of carbonyl (C=O) groups is 1. The molecule has 1 atom stereocenters. The van der Waals surface area contributed by atoms with Gasteiger partial charge in [0.15, 0.2) is 0 Å². The molecule has 0 fully saturated rings. The highest BCUT2D eigenvalue weighted by molar-refractivity contribution is 5.91. The molecular weight excluding hydrogens is 278 g/mol. The summed E-state index contributed by atoms with van der Waals surface area (Å²) in [4.78, 5) is 22.7. The van der Waals surface area contributed by atoms with Crippen LogP contribution in [0, 0.1) is 0 Å². The number of hydrogen-bond acceptors (Lipinski definition) is 5. The van der Waals surface area contributed by atoms with Crippen molar-refractivity contribution in [3.05, 3.63) is 30.6 Å². The molecule has 6 heteroatoms. The van der Waals surface area contributed by atoms with Crippen LogP contribution in [-0.4, -0.2) is 54.0 Å². The summed E-state index contributed by atoms with van der Waals surface area (Å²) in [7, 11) is 4.04. The van der Waals surface area contributed by atoms with E-state index >= 15 is 0 Å². The molecule has 0 saturated heterocycles. The lowest BCUT2D eigenvalue weighted by atomic mass is 10.2. The van der Waals surface area contributed by atoms with E-state index in [1.165, 1.54) is 6.33 Å². The van der Waals surface area contributed by atoms with Gasteiger partial charge in [0.2, 0.25) is 5.91 Å². The predicted octanol–water partition coefficient (Wildman–Crippen LogP) is 1.50. The lowest BCUT2D eigenvalue weighted by Gasteiger charge is -2.16. The predicted molar refractivity (Wildman–Crippen MR) is 88.8 cm³/mol. The molecule has 0 bridgehead atoms. The van der Waals surface area contributed by atoms with Crippen molar-refractivity contribution < 1.29 is 4.79 Å². The third-order valence-electron chi connectivity index (χ3n) is 3.37. The van der Waals surface area contributed by atoms with Gasteiger partial charge in [-0.2, -0.15) is 0 Å². The monoisotopic (exact) mass is 301 g/mol. The van der Waals surface area contributed by atoms with Crippen LogP contribution >= 0.6 is 0 Å². The first-order chi connectivity index (χ1) is 10.6. The molecule has 22 heavy (non-hydrogen) atoms. The molecular formula is C16H23N5O. The number of fused-ring (bicyclic) bond motifs is 1. The molecule has 1 amide bonds. The largest absolute Gasteiger partial charge is 0.358 e. The summed E-state index contributed by atoms with van der Waals surface area (Å²) >= 11 is 0. The molecule has 2 rings (SSSR count). The van der Waals surface area contributed by atoms with Gasteiger partial charge in [0.25, 0.3) is 0 Å². The number of anilines is 1. The Morgan fingerprint density at radius 1 is 1.27 bits per heavy atom. The average molecular weight is 301 g/mol. The second kappa shape index (κ2) is 7.70. The number of rotatable bonds is 7. The van der Waals surface area contributed by atoms with Crippen molar-refractivity contribution in [2.75, 3.05) is 32.5 Å². The minimum absolute atomic E-state index is 0.0264.